The minimum atomic E-state index is -4.45. The molecule has 0 aliphatic rings. The number of rotatable bonds is 11. The summed E-state index contributed by atoms with van der Waals surface area (Å²) in [6.45, 7) is 12.7. The third-order valence-corrected chi connectivity index (χ3v) is 9.53. The molecule has 5 rings (SSSR count). The van der Waals surface area contributed by atoms with Crippen molar-refractivity contribution in [3.8, 4) is 17.0 Å². The van der Waals surface area contributed by atoms with E-state index in [2.05, 4.69) is 40.3 Å². The van der Waals surface area contributed by atoms with Crippen LogP contribution >= 0.6 is 11.8 Å². The fourth-order valence-electron chi connectivity index (χ4n) is 5.29. The van der Waals surface area contributed by atoms with Crippen LogP contribution in [-0.2, 0) is 30.5 Å². The van der Waals surface area contributed by atoms with Gasteiger partial charge < -0.3 is 14.4 Å². The lowest BCUT2D eigenvalue weighted by atomic mass is 9.83. The van der Waals surface area contributed by atoms with Gasteiger partial charge in [0.15, 0.2) is 0 Å². The summed E-state index contributed by atoms with van der Waals surface area (Å²) in [7, 11) is 0. The van der Waals surface area contributed by atoms with Gasteiger partial charge in [0.2, 0.25) is 0 Å². The summed E-state index contributed by atoms with van der Waals surface area (Å²) in [6.07, 6.45) is 0.549. The molecule has 0 bridgehead atoms. The first kappa shape index (κ1) is 34.9. The molecule has 1 N–H and O–H groups in total. The zero-order valence-corrected chi connectivity index (χ0v) is 28.7. The first-order valence-corrected chi connectivity index (χ1v) is 16.5. The van der Waals surface area contributed by atoms with E-state index in [1.54, 1.807) is 31.1 Å². The molecule has 0 saturated carbocycles. The van der Waals surface area contributed by atoms with Gasteiger partial charge in [-0.25, -0.2) is 0 Å². The van der Waals surface area contributed by atoms with E-state index in [9.17, 15) is 23.1 Å². The first-order chi connectivity index (χ1) is 22.6. The standard InChI is InChI=1S/C37H39F3N4O3S/c1-7-36(6,34(45)46)17-32-33(48-35(3,4)5)29-16-28(47-22-27-20-41-23(2)18-42-27)13-15-31(29)44(32)21-24-8-10-25(11-9-24)30-14-12-26(19-43-30)37(38,39)40/h8-16,18-20H,7,17,21-22H2,1-6H3,(H,45,46). The van der Waals surface area contributed by atoms with E-state index in [4.69, 9.17) is 4.74 Å². The van der Waals surface area contributed by atoms with Crippen LogP contribution in [-0.4, -0.2) is 35.3 Å². The number of hydrogen-bond donors (Lipinski definition) is 1. The van der Waals surface area contributed by atoms with Gasteiger partial charge in [-0.3, -0.25) is 19.7 Å². The molecule has 0 radical (unpaired) electrons. The van der Waals surface area contributed by atoms with Crippen LogP contribution in [0, 0.1) is 12.3 Å². The largest absolute Gasteiger partial charge is 0.487 e. The van der Waals surface area contributed by atoms with Crippen LogP contribution in [0.5, 0.6) is 5.75 Å². The monoisotopic (exact) mass is 676 g/mol. The van der Waals surface area contributed by atoms with Crippen LogP contribution in [0.4, 0.5) is 13.2 Å². The number of alkyl halides is 3. The molecule has 2 aromatic carbocycles. The van der Waals surface area contributed by atoms with Crippen LogP contribution in [0.3, 0.4) is 0 Å². The summed E-state index contributed by atoms with van der Waals surface area (Å²) >= 11 is 1.70. The van der Waals surface area contributed by atoms with Crippen molar-refractivity contribution in [2.45, 2.75) is 83.4 Å². The van der Waals surface area contributed by atoms with Crippen molar-refractivity contribution in [1.82, 2.24) is 19.5 Å². The zero-order chi connectivity index (χ0) is 34.9. The number of halogens is 3. The van der Waals surface area contributed by atoms with E-state index >= 15 is 0 Å². The molecule has 0 spiro atoms. The van der Waals surface area contributed by atoms with Crippen molar-refractivity contribution in [3.63, 3.8) is 0 Å². The Balaban J connectivity index is 1.56. The molecule has 3 heterocycles. The third-order valence-electron chi connectivity index (χ3n) is 8.26. The van der Waals surface area contributed by atoms with Gasteiger partial charge in [0, 0.05) is 57.2 Å². The van der Waals surface area contributed by atoms with Gasteiger partial charge in [0.25, 0.3) is 0 Å². The Labute approximate surface area is 282 Å². The van der Waals surface area contributed by atoms with E-state index in [1.807, 2.05) is 56.3 Å². The molecule has 0 aliphatic heterocycles. The number of aliphatic carboxylic acids is 1. The number of benzene rings is 2. The number of aromatic nitrogens is 4. The lowest BCUT2D eigenvalue weighted by molar-refractivity contribution is -0.148. The molecule has 0 aliphatic carbocycles. The van der Waals surface area contributed by atoms with E-state index in [1.165, 1.54) is 6.07 Å². The van der Waals surface area contributed by atoms with Crippen molar-refractivity contribution >= 4 is 28.6 Å². The number of carboxylic acid groups (broad SMARTS) is 1. The second-order valence-corrected chi connectivity index (χ2v) is 15.1. The number of ether oxygens (including phenoxy) is 1. The van der Waals surface area contributed by atoms with Crippen LogP contribution in [0.25, 0.3) is 22.2 Å². The lowest BCUT2D eigenvalue weighted by Crippen LogP contribution is -2.30. The van der Waals surface area contributed by atoms with Gasteiger partial charge in [-0.1, -0.05) is 52.0 Å². The first-order valence-electron chi connectivity index (χ1n) is 15.7. The zero-order valence-electron chi connectivity index (χ0n) is 27.9. The van der Waals surface area contributed by atoms with Gasteiger partial charge in [-0.05, 0) is 56.2 Å². The Kier molecular flexibility index (Phi) is 9.92. The molecular weight excluding hydrogens is 637 g/mol. The number of fused-ring (bicyclic) bond motifs is 1. The van der Waals surface area contributed by atoms with Crippen molar-refractivity contribution in [3.05, 3.63) is 101 Å². The van der Waals surface area contributed by atoms with E-state index < -0.39 is 23.1 Å². The van der Waals surface area contributed by atoms with Gasteiger partial charge in [-0.15, -0.1) is 11.8 Å². The highest BCUT2D eigenvalue weighted by Gasteiger charge is 2.35. The Morgan fingerprint density at radius 3 is 2.23 bits per heavy atom. The van der Waals surface area contributed by atoms with Crippen molar-refractivity contribution in [2.24, 2.45) is 5.41 Å². The van der Waals surface area contributed by atoms with Crippen molar-refractivity contribution in [1.29, 1.82) is 0 Å². The van der Waals surface area contributed by atoms with Gasteiger partial charge >= 0.3 is 12.1 Å². The van der Waals surface area contributed by atoms with Crippen LogP contribution in [0.2, 0.25) is 0 Å². The fraction of sp³-hybridized carbons (Fsp3) is 0.351. The molecule has 1 unspecified atom stereocenters. The lowest BCUT2D eigenvalue weighted by Gasteiger charge is -2.26. The molecular formula is C37H39F3N4O3S. The maximum atomic E-state index is 13.0. The second-order valence-electron chi connectivity index (χ2n) is 13.2. The summed E-state index contributed by atoms with van der Waals surface area (Å²) in [5.41, 5.74) is 3.68. The number of pyridine rings is 1. The van der Waals surface area contributed by atoms with E-state index in [0.717, 1.165) is 45.0 Å². The average Bonchev–Trinajstić information content (AvgIpc) is 3.29. The van der Waals surface area contributed by atoms with Crippen molar-refractivity contribution < 1.29 is 27.8 Å². The summed E-state index contributed by atoms with van der Waals surface area (Å²) in [4.78, 5) is 26.3. The molecule has 5 aromatic rings. The number of carboxylic acids is 1. The predicted molar refractivity (Wildman–Crippen MR) is 182 cm³/mol. The van der Waals surface area contributed by atoms with Gasteiger partial charge in [0.05, 0.1) is 34.3 Å². The highest BCUT2D eigenvalue weighted by atomic mass is 32.2. The quantitative estimate of drug-likeness (QED) is 0.139. The molecule has 0 saturated heterocycles. The van der Waals surface area contributed by atoms with Gasteiger partial charge in [-0.2, -0.15) is 13.2 Å². The van der Waals surface area contributed by atoms with Gasteiger partial charge in [0.1, 0.15) is 12.4 Å². The summed E-state index contributed by atoms with van der Waals surface area (Å²) in [6, 6.07) is 15.9. The number of aryl methyl sites for hydroxylation is 1. The summed E-state index contributed by atoms with van der Waals surface area (Å²) in [5.74, 6) is -0.195. The number of thioether (sulfide) groups is 1. The van der Waals surface area contributed by atoms with Crippen LogP contribution in [0.15, 0.2) is 78.1 Å². The van der Waals surface area contributed by atoms with E-state index in [0.29, 0.717) is 42.1 Å². The normalized spacial score (nSPS) is 13.4. The molecule has 1 atom stereocenters. The minimum absolute atomic E-state index is 0.176. The highest BCUT2D eigenvalue weighted by molar-refractivity contribution is 8.00. The molecule has 0 amide bonds. The molecule has 48 heavy (non-hydrogen) atoms. The summed E-state index contributed by atoms with van der Waals surface area (Å²) in [5, 5.41) is 11.3. The Morgan fingerprint density at radius 2 is 1.67 bits per heavy atom. The number of hydrogen-bond acceptors (Lipinski definition) is 6. The molecule has 7 nitrogen and oxygen atoms in total. The highest BCUT2D eigenvalue weighted by Crippen LogP contribution is 2.45. The molecule has 11 heteroatoms. The topological polar surface area (TPSA) is 90.1 Å². The van der Waals surface area contributed by atoms with Crippen LogP contribution < -0.4 is 4.74 Å². The Hall–Kier alpha value is -4.38. The molecule has 3 aromatic heterocycles. The maximum absolute atomic E-state index is 13.0. The smallest absolute Gasteiger partial charge is 0.417 e. The Morgan fingerprint density at radius 1 is 0.938 bits per heavy atom. The molecule has 252 valence electrons. The third kappa shape index (κ3) is 8.01. The minimum Gasteiger partial charge on any atom is -0.487 e. The fourth-order valence-corrected chi connectivity index (χ4v) is 6.48. The number of nitrogens with zero attached hydrogens (tertiary/aromatic N) is 4. The van der Waals surface area contributed by atoms with Crippen molar-refractivity contribution in [2.75, 3.05) is 0 Å². The predicted octanol–water partition coefficient (Wildman–Crippen LogP) is 9.38. The van der Waals surface area contributed by atoms with E-state index in [-0.39, 0.29) is 11.4 Å². The Bertz CT molecular complexity index is 1900. The summed E-state index contributed by atoms with van der Waals surface area (Å²) < 4.78 is 47.3. The van der Waals surface area contributed by atoms with Crippen LogP contribution in [0.1, 0.15) is 69.2 Å². The second kappa shape index (κ2) is 13.6. The molecule has 0 fully saturated rings. The maximum Gasteiger partial charge on any atom is 0.417 e. The number of carbonyl (C=O) groups is 1. The SMILES string of the molecule is CCC(C)(Cc1c(SC(C)(C)C)c2cc(OCc3cnc(C)cn3)ccc2n1Cc1ccc(-c2ccc(C(F)(F)F)cn2)cc1)C(=O)O. The average molecular weight is 677 g/mol.